The molecule has 4 aromatic rings. The number of halogens is 5. The maximum Gasteiger partial charge on any atom is 0.446 e. The second-order valence-electron chi connectivity index (χ2n) is 10.8. The zero-order chi connectivity index (χ0) is 35.0. The van der Waals surface area contributed by atoms with Crippen molar-refractivity contribution in [3.05, 3.63) is 60.0 Å². The molecule has 2 fully saturated rings. The van der Waals surface area contributed by atoms with Crippen LogP contribution >= 0.6 is 23.4 Å². The molecule has 0 bridgehead atoms. The predicted molar refractivity (Wildman–Crippen MR) is 181 cm³/mol. The van der Waals surface area contributed by atoms with Crippen LogP contribution in [0.3, 0.4) is 0 Å². The molecule has 1 amide bonds. The van der Waals surface area contributed by atoms with E-state index >= 15 is 0 Å². The minimum atomic E-state index is -4.64. The van der Waals surface area contributed by atoms with E-state index in [1.165, 1.54) is 51.1 Å². The van der Waals surface area contributed by atoms with Crippen molar-refractivity contribution in [3.8, 4) is 23.2 Å². The van der Waals surface area contributed by atoms with Crippen LogP contribution in [0.1, 0.15) is 19.8 Å². The van der Waals surface area contributed by atoms with Crippen molar-refractivity contribution in [1.29, 1.82) is 5.26 Å². The Morgan fingerprint density at radius 3 is 2.19 bits per heavy atom. The summed E-state index contributed by atoms with van der Waals surface area (Å²) < 4.78 is 60.4. The van der Waals surface area contributed by atoms with E-state index in [2.05, 4.69) is 33.5 Å². The number of alkyl halides is 3. The Morgan fingerprint density at radius 1 is 1.02 bits per heavy atom. The highest BCUT2D eigenvalue weighted by molar-refractivity contribution is 8.00. The second kappa shape index (κ2) is 16.3. The van der Waals surface area contributed by atoms with Gasteiger partial charge in [0.25, 0.3) is 5.91 Å². The van der Waals surface area contributed by atoms with Crippen LogP contribution < -0.4 is 9.64 Å². The number of piperazine rings is 1. The molecule has 0 spiro atoms. The molecule has 2 saturated heterocycles. The number of nitriles is 1. The quantitative estimate of drug-likeness (QED) is 0.119. The van der Waals surface area contributed by atoms with Gasteiger partial charge in [-0.3, -0.25) is 4.79 Å². The number of benzene rings is 2. The fraction of sp³-hybridized carbons (Fsp3) is 0.364. The number of carbonyl (C=O) groups is 1. The van der Waals surface area contributed by atoms with Crippen molar-refractivity contribution in [2.45, 2.75) is 30.2 Å². The fourth-order valence-electron chi connectivity index (χ4n) is 5.43. The summed E-state index contributed by atoms with van der Waals surface area (Å²) in [5.74, 6) is -1.62. The molecule has 2 aliphatic heterocycles. The topological polar surface area (TPSA) is 98.5 Å². The summed E-state index contributed by atoms with van der Waals surface area (Å²) in [6.07, 6.45) is 4.19. The van der Waals surface area contributed by atoms with Crippen molar-refractivity contribution in [1.82, 2.24) is 24.8 Å². The van der Waals surface area contributed by atoms with E-state index in [0.717, 1.165) is 5.39 Å². The van der Waals surface area contributed by atoms with Gasteiger partial charge in [0.05, 0.1) is 18.1 Å². The standard InChI is InChI=1S/C26H20ClF4N5O2S.C5H11N.C2H3N/c1-14(28)24(37)36-11-9-35(10-12-36)23-21-20(33-25(34-23)38-2)22(39-26(29,30)31)17(13-32-21)16-7-3-5-15-6-4-8-18(27)19(15)16;1-6-4-2-3-5-6;1-2-3/h3-8,13H,1,9-12H2,2H3;2-5H2,1H3;1H3. The molecule has 0 unspecified atom stereocenters. The number of hydrogen-bond donors (Lipinski definition) is 0. The van der Waals surface area contributed by atoms with E-state index in [9.17, 15) is 22.4 Å². The molecule has 0 radical (unpaired) electrons. The number of nitrogens with zero attached hydrogens (tertiary/aromatic N) is 7. The first kappa shape index (κ1) is 36.6. The number of hydrogen-bond acceptors (Lipinski definition) is 9. The third-order valence-electron chi connectivity index (χ3n) is 7.60. The Morgan fingerprint density at radius 2 is 1.65 bits per heavy atom. The SMILES string of the molecule is C=C(F)C(=O)N1CCN(c2nc(OC)nc3c(SC(F)(F)F)c(-c4cccc5cccc(Cl)c45)cnc23)CC1.CC#N.CN1CCCC1. The summed E-state index contributed by atoms with van der Waals surface area (Å²) in [6, 6.07) is 12.1. The number of rotatable bonds is 5. The van der Waals surface area contributed by atoms with Crippen LogP contribution in [-0.2, 0) is 4.79 Å². The first-order valence-corrected chi connectivity index (χ1v) is 16.1. The number of fused-ring (bicyclic) bond motifs is 2. The lowest BCUT2D eigenvalue weighted by molar-refractivity contribution is -0.128. The molecule has 254 valence electrons. The fourth-order valence-corrected chi connectivity index (χ4v) is 6.45. The molecule has 0 N–H and O–H groups in total. The number of carbonyl (C=O) groups excluding carboxylic acids is 1. The molecule has 6 rings (SSSR count). The summed E-state index contributed by atoms with van der Waals surface area (Å²) in [4.78, 5) is 30.4. The smallest absolute Gasteiger partial charge is 0.446 e. The molecule has 2 aromatic carbocycles. The maximum absolute atomic E-state index is 13.9. The van der Waals surface area contributed by atoms with Crippen LogP contribution in [0.5, 0.6) is 6.01 Å². The molecule has 4 heterocycles. The summed E-state index contributed by atoms with van der Waals surface area (Å²) in [6.45, 7) is 7.90. The van der Waals surface area contributed by atoms with Crippen molar-refractivity contribution >= 4 is 56.9 Å². The van der Waals surface area contributed by atoms with Crippen LogP contribution in [0.15, 0.2) is 59.9 Å². The number of anilines is 1. The van der Waals surface area contributed by atoms with Gasteiger partial charge in [-0.1, -0.05) is 48.5 Å². The zero-order valence-electron chi connectivity index (χ0n) is 26.7. The van der Waals surface area contributed by atoms with E-state index in [0.29, 0.717) is 16.0 Å². The number of likely N-dealkylation sites (tertiary alicyclic amines) is 1. The zero-order valence-corrected chi connectivity index (χ0v) is 28.2. The molecule has 2 aliphatic rings. The van der Waals surface area contributed by atoms with Gasteiger partial charge in [0, 0.05) is 55.3 Å². The Labute approximate surface area is 285 Å². The highest BCUT2D eigenvalue weighted by atomic mass is 35.5. The number of aromatic nitrogens is 3. The largest absolute Gasteiger partial charge is 0.467 e. The van der Waals surface area contributed by atoms with Crippen LogP contribution in [-0.4, -0.2) is 89.6 Å². The molecule has 0 saturated carbocycles. The summed E-state index contributed by atoms with van der Waals surface area (Å²) in [5.41, 5.74) is -3.89. The first-order valence-electron chi connectivity index (χ1n) is 14.9. The van der Waals surface area contributed by atoms with Crippen LogP contribution in [0.4, 0.5) is 23.4 Å². The van der Waals surface area contributed by atoms with Gasteiger partial charge in [-0.05, 0) is 61.8 Å². The average molecular weight is 704 g/mol. The molecule has 15 heteroatoms. The van der Waals surface area contributed by atoms with Gasteiger partial charge in [0.2, 0.25) is 0 Å². The first-order chi connectivity index (χ1) is 22.9. The molecule has 2 aromatic heterocycles. The predicted octanol–water partition coefficient (Wildman–Crippen LogP) is 7.49. The molecular formula is C33H34ClF4N7O2S. The monoisotopic (exact) mass is 703 g/mol. The average Bonchev–Trinajstić information content (AvgIpc) is 3.55. The van der Waals surface area contributed by atoms with Gasteiger partial charge in [-0.2, -0.15) is 28.4 Å². The Kier molecular flexibility index (Phi) is 12.4. The van der Waals surface area contributed by atoms with Gasteiger partial charge in [-0.15, -0.1) is 0 Å². The molecule has 0 aliphatic carbocycles. The van der Waals surface area contributed by atoms with Crippen molar-refractivity contribution in [2.24, 2.45) is 0 Å². The van der Waals surface area contributed by atoms with Gasteiger partial charge < -0.3 is 19.4 Å². The third kappa shape index (κ3) is 8.83. The highest BCUT2D eigenvalue weighted by Gasteiger charge is 2.34. The minimum Gasteiger partial charge on any atom is -0.467 e. The van der Waals surface area contributed by atoms with E-state index in [-0.39, 0.29) is 71.3 Å². The lowest BCUT2D eigenvalue weighted by atomic mass is 9.99. The van der Waals surface area contributed by atoms with E-state index in [4.69, 9.17) is 21.6 Å². The van der Waals surface area contributed by atoms with Crippen LogP contribution in [0.25, 0.3) is 32.9 Å². The minimum absolute atomic E-state index is 0.0450. The van der Waals surface area contributed by atoms with E-state index in [1.807, 2.05) is 12.1 Å². The number of thioether (sulfide) groups is 1. The summed E-state index contributed by atoms with van der Waals surface area (Å²) in [5, 5.41) is 9.05. The third-order valence-corrected chi connectivity index (χ3v) is 8.76. The second-order valence-corrected chi connectivity index (χ2v) is 12.3. The number of methoxy groups -OCH3 is 1. The Bertz CT molecular complexity index is 1820. The highest BCUT2D eigenvalue weighted by Crippen LogP contribution is 2.47. The molecule has 0 atom stereocenters. The van der Waals surface area contributed by atoms with Gasteiger partial charge >= 0.3 is 11.5 Å². The van der Waals surface area contributed by atoms with Gasteiger partial charge in [-0.25, -0.2) is 9.37 Å². The van der Waals surface area contributed by atoms with Crippen molar-refractivity contribution < 1.29 is 27.1 Å². The van der Waals surface area contributed by atoms with Gasteiger partial charge in [0.15, 0.2) is 11.6 Å². The summed E-state index contributed by atoms with van der Waals surface area (Å²) in [7, 11) is 3.49. The summed E-state index contributed by atoms with van der Waals surface area (Å²) >= 11 is 6.18. The molecular weight excluding hydrogens is 670 g/mol. The Balaban J connectivity index is 0.000000506. The van der Waals surface area contributed by atoms with Crippen LogP contribution in [0, 0.1) is 11.3 Å². The normalized spacial score (nSPS) is 14.9. The maximum atomic E-state index is 13.9. The molecule has 48 heavy (non-hydrogen) atoms. The molecule has 9 nitrogen and oxygen atoms in total. The van der Waals surface area contributed by atoms with Crippen molar-refractivity contribution in [2.75, 3.05) is 58.3 Å². The van der Waals surface area contributed by atoms with E-state index in [1.54, 1.807) is 35.2 Å². The number of amides is 1. The number of pyridine rings is 1. The number of ether oxygens (including phenoxy) is 1. The lowest BCUT2D eigenvalue weighted by Crippen LogP contribution is -2.49. The lowest BCUT2D eigenvalue weighted by Gasteiger charge is -2.35. The van der Waals surface area contributed by atoms with Gasteiger partial charge in [0.1, 0.15) is 11.0 Å². The van der Waals surface area contributed by atoms with Crippen molar-refractivity contribution in [3.63, 3.8) is 0 Å². The Hall–Kier alpha value is -4.19. The van der Waals surface area contributed by atoms with E-state index < -0.39 is 17.2 Å². The van der Waals surface area contributed by atoms with Crippen LogP contribution in [0.2, 0.25) is 5.02 Å².